The average molecular weight is 295 g/mol. The first kappa shape index (κ1) is 14.8. The highest BCUT2D eigenvalue weighted by atomic mass is 16.5. The van der Waals surface area contributed by atoms with Crippen LogP contribution in [0.2, 0.25) is 0 Å². The van der Waals surface area contributed by atoms with Crippen molar-refractivity contribution in [3.63, 3.8) is 0 Å². The van der Waals surface area contributed by atoms with Gasteiger partial charge in [0.05, 0.1) is 19.3 Å². The van der Waals surface area contributed by atoms with Crippen molar-refractivity contribution in [2.24, 2.45) is 5.92 Å². The van der Waals surface area contributed by atoms with E-state index in [9.17, 15) is 9.59 Å². The second-order valence-corrected chi connectivity index (χ2v) is 6.37. The van der Waals surface area contributed by atoms with Gasteiger partial charge in [0.25, 0.3) is 0 Å². The Morgan fingerprint density at radius 2 is 1.71 bits per heavy atom. The van der Waals surface area contributed by atoms with E-state index in [1.54, 1.807) is 6.92 Å². The van der Waals surface area contributed by atoms with Crippen molar-refractivity contribution in [3.05, 3.63) is 0 Å². The molecule has 6 nitrogen and oxygen atoms in total. The maximum absolute atomic E-state index is 12.4. The van der Waals surface area contributed by atoms with E-state index in [0.29, 0.717) is 38.8 Å². The molecule has 0 aromatic heterocycles. The monoisotopic (exact) mass is 295 g/mol. The first-order valence-corrected chi connectivity index (χ1v) is 8.01. The van der Waals surface area contributed by atoms with Gasteiger partial charge in [-0.2, -0.15) is 0 Å². The number of hydrogen-bond acceptors (Lipinski definition) is 4. The molecule has 2 aliphatic heterocycles. The first-order chi connectivity index (χ1) is 10.1. The lowest BCUT2D eigenvalue weighted by Crippen LogP contribution is -2.53. The van der Waals surface area contributed by atoms with E-state index in [2.05, 4.69) is 4.90 Å². The Kier molecular flexibility index (Phi) is 4.45. The van der Waals surface area contributed by atoms with Gasteiger partial charge in [-0.25, -0.2) is 0 Å². The fourth-order valence-corrected chi connectivity index (χ4v) is 3.19. The molecule has 2 amide bonds. The van der Waals surface area contributed by atoms with Crippen LogP contribution in [0.15, 0.2) is 0 Å². The van der Waals surface area contributed by atoms with Crippen molar-refractivity contribution in [1.82, 2.24) is 14.7 Å². The standard InChI is InChI=1S/C15H25N3O3/c1-12(19)17-4-6-18(7-5-17)15(20)11-16-8-9-21-14(10-16)13-2-3-13/h13-14H,2-11H2,1H3. The maximum Gasteiger partial charge on any atom is 0.236 e. The number of hydrogen-bond donors (Lipinski definition) is 0. The summed E-state index contributed by atoms with van der Waals surface area (Å²) in [5.74, 6) is 1.01. The molecule has 3 fully saturated rings. The van der Waals surface area contributed by atoms with Crippen molar-refractivity contribution in [2.45, 2.75) is 25.9 Å². The molecule has 0 spiro atoms. The summed E-state index contributed by atoms with van der Waals surface area (Å²) in [5, 5.41) is 0. The third-order valence-electron chi connectivity index (χ3n) is 4.76. The SMILES string of the molecule is CC(=O)N1CCN(C(=O)CN2CCOC(C3CC3)C2)CC1. The summed E-state index contributed by atoms with van der Waals surface area (Å²) in [6.07, 6.45) is 2.89. The van der Waals surface area contributed by atoms with Crippen molar-refractivity contribution < 1.29 is 14.3 Å². The fraction of sp³-hybridized carbons (Fsp3) is 0.867. The number of rotatable bonds is 3. The molecular weight excluding hydrogens is 270 g/mol. The Morgan fingerprint density at radius 3 is 2.33 bits per heavy atom. The molecule has 0 radical (unpaired) electrons. The predicted octanol–water partition coefficient (Wildman–Crippen LogP) is -0.212. The van der Waals surface area contributed by atoms with E-state index in [-0.39, 0.29) is 11.8 Å². The molecule has 0 N–H and O–H groups in total. The summed E-state index contributed by atoms with van der Waals surface area (Å²) in [7, 11) is 0. The fourth-order valence-electron chi connectivity index (χ4n) is 3.19. The normalized spacial score (nSPS) is 27.8. The molecule has 1 unspecified atom stereocenters. The van der Waals surface area contributed by atoms with Crippen LogP contribution in [0.3, 0.4) is 0 Å². The van der Waals surface area contributed by atoms with Crippen LogP contribution in [0.25, 0.3) is 0 Å². The number of morpholine rings is 1. The molecule has 3 aliphatic rings. The van der Waals surface area contributed by atoms with Crippen LogP contribution in [0.5, 0.6) is 0 Å². The highest BCUT2D eigenvalue weighted by Gasteiger charge is 2.36. The highest BCUT2D eigenvalue weighted by Crippen LogP contribution is 2.35. The molecule has 6 heteroatoms. The molecule has 0 aromatic rings. The van der Waals surface area contributed by atoms with Crippen LogP contribution in [-0.4, -0.2) is 85.0 Å². The minimum Gasteiger partial charge on any atom is -0.375 e. The molecule has 0 aromatic carbocycles. The predicted molar refractivity (Wildman–Crippen MR) is 77.7 cm³/mol. The van der Waals surface area contributed by atoms with Gasteiger partial charge in [0.1, 0.15) is 0 Å². The molecule has 21 heavy (non-hydrogen) atoms. The lowest BCUT2D eigenvalue weighted by atomic mass is 10.2. The number of nitrogens with zero attached hydrogens (tertiary/aromatic N) is 3. The van der Waals surface area contributed by atoms with Crippen molar-refractivity contribution >= 4 is 11.8 Å². The van der Waals surface area contributed by atoms with Crippen molar-refractivity contribution in [1.29, 1.82) is 0 Å². The summed E-state index contributed by atoms with van der Waals surface area (Å²) in [5.41, 5.74) is 0. The molecule has 2 heterocycles. The van der Waals surface area contributed by atoms with Crippen LogP contribution in [0, 0.1) is 5.92 Å². The van der Waals surface area contributed by atoms with E-state index in [1.165, 1.54) is 12.8 Å². The maximum atomic E-state index is 12.4. The highest BCUT2D eigenvalue weighted by molar-refractivity contribution is 5.79. The van der Waals surface area contributed by atoms with Crippen LogP contribution in [-0.2, 0) is 14.3 Å². The molecule has 1 saturated carbocycles. The summed E-state index contributed by atoms with van der Waals surface area (Å²) in [6.45, 7) is 7.21. The van der Waals surface area contributed by atoms with Gasteiger partial charge in [0, 0.05) is 46.2 Å². The molecule has 1 aliphatic carbocycles. The Morgan fingerprint density at radius 1 is 1.05 bits per heavy atom. The molecule has 118 valence electrons. The Balaban J connectivity index is 1.44. The van der Waals surface area contributed by atoms with Gasteiger partial charge in [-0.1, -0.05) is 0 Å². The van der Waals surface area contributed by atoms with Crippen molar-refractivity contribution in [2.75, 3.05) is 52.4 Å². The first-order valence-electron chi connectivity index (χ1n) is 8.01. The lowest BCUT2D eigenvalue weighted by molar-refractivity contribution is -0.140. The zero-order valence-electron chi connectivity index (χ0n) is 12.8. The van der Waals surface area contributed by atoms with E-state index in [0.717, 1.165) is 25.6 Å². The largest absolute Gasteiger partial charge is 0.375 e. The topological polar surface area (TPSA) is 53.1 Å². The summed E-state index contributed by atoms with van der Waals surface area (Å²) >= 11 is 0. The number of carbonyl (C=O) groups is 2. The summed E-state index contributed by atoms with van der Waals surface area (Å²) < 4.78 is 5.79. The summed E-state index contributed by atoms with van der Waals surface area (Å²) in [6, 6.07) is 0. The average Bonchev–Trinajstić information content (AvgIpc) is 3.32. The Bertz CT molecular complexity index is 403. The van der Waals surface area contributed by atoms with Crippen LogP contribution < -0.4 is 0 Å². The lowest BCUT2D eigenvalue weighted by Gasteiger charge is -2.37. The van der Waals surface area contributed by atoms with Gasteiger partial charge in [-0.05, 0) is 18.8 Å². The van der Waals surface area contributed by atoms with Crippen LogP contribution in [0.4, 0.5) is 0 Å². The van der Waals surface area contributed by atoms with Gasteiger partial charge in [0.2, 0.25) is 11.8 Å². The number of ether oxygens (including phenoxy) is 1. The molecule has 1 atom stereocenters. The second-order valence-electron chi connectivity index (χ2n) is 6.37. The van der Waals surface area contributed by atoms with Gasteiger partial charge in [0.15, 0.2) is 0 Å². The number of piperazine rings is 1. The Hall–Kier alpha value is -1.14. The van der Waals surface area contributed by atoms with Crippen LogP contribution in [0.1, 0.15) is 19.8 Å². The number of amides is 2. The third-order valence-corrected chi connectivity index (χ3v) is 4.76. The van der Waals surface area contributed by atoms with Crippen molar-refractivity contribution in [3.8, 4) is 0 Å². The third kappa shape index (κ3) is 3.74. The Labute approximate surface area is 126 Å². The minimum absolute atomic E-state index is 0.0996. The molecule has 0 bridgehead atoms. The number of carbonyl (C=O) groups excluding carboxylic acids is 2. The minimum atomic E-state index is 0.0996. The van der Waals surface area contributed by atoms with E-state index in [1.807, 2.05) is 9.80 Å². The zero-order chi connectivity index (χ0) is 14.8. The van der Waals surface area contributed by atoms with Gasteiger partial charge >= 0.3 is 0 Å². The smallest absolute Gasteiger partial charge is 0.236 e. The summed E-state index contributed by atoms with van der Waals surface area (Å²) in [4.78, 5) is 29.6. The van der Waals surface area contributed by atoms with Gasteiger partial charge < -0.3 is 14.5 Å². The molecular formula is C15H25N3O3. The van der Waals surface area contributed by atoms with E-state index < -0.39 is 0 Å². The second kappa shape index (κ2) is 6.32. The van der Waals surface area contributed by atoms with E-state index >= 15 is 0 Å². The molecule has 3 rings (SSSR count). The van der Waals surface area contributed by atoms with Crippen LogP contribution >= 0.6 is 0 Å². The van der Waals surface area contributed by atoms with Gasteiger partial charge in [-0.3, -0.25) is 14.5 Å². The molecule has 2 saturated heterocycles. The quantitative estimate of drug-likeness (QED) is 0.723. The zero-order valence-corrected chi connectivity index (χ0v) is 12.8. The van der Waals surface area contributed by atoms with Gasteiger partial charge in [-0.15, -0.1) is 0 Å². The van der Waals surface area contributed by atoms with E-state index in [4.69, 9.17) is 4.74 Å².